The number of amides is 1. The molecule has 4 heteroatoms. The minimum absolute atomic E-state index is 0.0299. The normalized spacial score (nSPS) is 24.9. The first kappa shape index (κ1) is 16.1. The van der Waals surface area contributed by atoms with Gasteiger partial charge in [0.1, 0.15) is 0 Å². The summed E-state index contributed by atoms with van der Waals surface area (Å²) in [6.07, 6.45) is 0.791. The highest BCUT2D eigenvalue weighted by Gasteiger charge is 2.40. The van der Waals surface area contributed by atoms with Gasteiger partial charge in [0, 0.05) is 30.5 Å². The molecule has 2 heterocycles. The van der Waals surface area contributed by atoms with E-state index in [1.807, 2.05) is 11.0 Å². The van der Waals surface area contributed by atoms with Crippen LogP contribution in [0.25, 0.3) is 0 Å². The molecule has 0 saturated carbocycles. The zero-order valence-corrected chi connectivity index (χ0v) is 14.5. The summed E-state index contributed by atoms with van der Waals surface area (Å²) in [5.74, 6) is 0.167. The number of para-hydroxylation sites is 1. The highest BCUT2D eigenvalue weighted by molar-refractivity contribution is 5.83. The number of rotatable bonds is 2. The number of carbonyl (C=O) groups excluding carboxylic acids is 1. The molecule has 2 aromatic rings. The first-order chi connectivity index (χ1) is 12.0. The highest BCUT2D eigenvalue weighted by Crippen LogP contribution is 2.36. The van der Waals surface area contributed by atoms with Gasteiger partial charge >= 0.3 is 0 Å². The number of carbonyl (C=O) groups is 1. The van der Waals surface area contributed by atoms with E-state index in [0.717, 1.165) is 12.0 Å². The molecule has 4 rings (SSSR count). The van der Waals surface area contributed by atoms with E-state index in [1.165, 1.54) is 17.2 Å². The van der Waals surface area contributed by atoms with Gasteiger partial charge < -0.3 is 9.64 Å². The van der Waals surface area contributed by atoms with Crippen molar-refractivity contribution in [3.8, 4) is 5.75 Å². The molecule has 2 aliphatic heterocycles. The van der Waals surface area contributed by atoms with Gasteiger partial charge in [0.2, 0.25) is 0 Å². The van der Waals surface area contributed by atoms with Crippen molar-refractivity contribution >= 4 is 5.91 Å². The second kappa shape index (κ2) is 6.17. The fraction of sp³-hybridized carbons (Fsp3) is 0.381. The summed E-state index contributed by atoms with van der Waals surface area (Å²) in [5.41, 5.74) is 3.29. The number of hydrogen-bond donors (Lipinski definition) is 0. The van der Waals surface area contributed by atoms with Crippen molar-refractivity contribution in [3.63, 3.8) is 0 Å². The van der Waals surface area contributed by atoms with Crippen LogP contribution in [-0.4, -0.2) is 29.5 Å². The number of benzene rings is 2. The van der Waals surface area contributed by atoms with Crippen molar-refractivity contribution in [2.45, 2.75) is 44.8 Å². The lowest BCUT2D eigenvalue weighted by molar-refractivity contribution is -0.138. The molecule has 0 aliphatic carbocycles. The lowest BCUT2D eigenvalue weighted by atomic mass is 9.96. The SMILES string of the molecule is Cc1ccc([C@@H]2C[C@H](C)N(C(=O)[C@@H]3Cc4cccc(F)c4O3)C2)cc1. The van der Waals surface area contributed by atoms with Crippen LogP contribution in [-0.2, 0) is 11.2 Å². The maximum atomic E-state index is 13.8. The quantitative estimate of drug-likeness (QED) is 0.832. The van der Waals surface area contributed by atoms with Gasteiger partial charge in [-0.05, 0) is 31.9 Å². The van der Waals surface area contributed by atoms with E-state index in [1.54, 1.807) is 6.07 Å². The molecule has 1 amide bonds. The van der Waals surface area contributed by atoms with Crippen LogP contribution in [0.15, 0.2) is 42.5 Å². The molecule has 0 radical (unpaired) electrons. The minimum atomic E-state index is -0.605. The number of ether oxygens (including phenoxy) is 1. The van der Waals surface area contributed by atoms with E-state index in [2.05, 4.69) is 38.1 Å². The molecule has 130 valence electrons. The Morgan fingerprint density at radius 3 is 2.68 bits per heavy atom. The van der Waals surface area contributed by atoms with Gasteiger partial charge in [-0.15, -0.1) is 0 Å². The Kier molecular flexibility index (Phi) is 3.98. The Morgan fingerprint density at radius 1 is 1.20 bits per heavy atom. The van der Waals surface area contributed by atoms with Crippen molar-refractivity contribution in [1.29, 1.82) is 0 Å². The molecule has 1 fully saturated rings. The van der Waals surface area contributed by atoms with Crippen LogP contribution in [0.5, 0.6) is 5.75 Å². The summed E-state index contributed by atoms with van der Waals surface area (Å²) in [4.78, 5) is 14.8. The maximum Gasteiger partial charge on any atom is 0.264 e. The second-order valence-corrected chi connectivity index (χ2v) is 7.22. The Labute approximate surface area is 147 Å². The molecular weight excluding hydrogens is 317 g/mol. The van der Waals surface area contributed by atoms with Crippen molar-refractivity contribution < 1.29 is 13.9 Å². The van der Waals surface area contributed by atoms with Crippen LogP contribution < -0.4 is 4.74 Å². The summed E-state index contributed by atoms with van der Waals surface area (Å²) < 4.78 is 19.5. The lowest BCUT2D eigenvalue weighted by Gasteiger charge is -2.24. The number of fused-ring (bicyclic) bond motifs is 1. The number of nitrogens with zero attached hydrogens (tertiary/aromatic N) is 1. The number of hydrogen-bond acceptors (Lipinski definition) is 2. The third kappa shape index (κ3) is 2.90. The smallest absolute Gasteiger partial charge is 0.264 e. The zero-order chi connectivity index (χ0) is 17.6. The van der Waals surface area contributed by atoms with Crippen LogP contribution in [0.4, 0.5) is 4.39 Å². The Hall–Kier alpha value is -2.36. The molecule has 0 N–H and O–H groups in total. The summed E-state index contributed by atoms with van der Waals surface area (Å²) in [7, 11) is 0. The predicted octanol–water partition coefficient (Wildman–Crippen LogP) is 3.84. The summed E-state index contributed by atoms with van der Waals surface area (Å²) >= 11 is 0. The molecule has 0 spiro atoms. The van der Waals surface area contributed by atoms with Crippen molar-refractivity contribution in [2.24, 2.45) is 0 Å². The number of likely N-dealkylation sites (tertiary alicyclic amines) is 1. The molecule has 0 bridgehead atoms. The molecule has 1 saturated heterocycles. The maximum absolute atomic E-state index is 13.8. The molecule has 25 heavy (non-hydrogen) atoms. The zero-order valence-electron chi connectivity index (χ0n) is 14.5. The molecule has 3 nitrogen and oxygen atoms in total. The van der Waals surface area contributed by atoms with Crippen molar-refractivity contribution in [2.75, 3.05) is 6.54 Å². The van der Waals surface area contributed by atoms with E-state index in [0.29, 0.717) is 18.9 Å². The van der Waals surface area contributed by atoms with Gasteiger partial charge in [0.25, 0.3) is 5.91 Å². The van der Waals surface area contributed by atoms with Gasteiger partial charge in [-0.1, -0.05) is 42.0 Å². The molecule has 0 aromatic heterocycles. The second-order valence-electron chi connectivity index (χ2n) is 7.22. The summed E-state index contributed by atoms with van der Waals surface area (Å²) in [6.45, 7) is 4.85. The lowest BCUT2D eigenvalue weighted by Crippen LogP contribution is -2.43. The van der Waals surface area contributed by atoms with Crippen molar-refractivity contribution in [3.05, 3.63) is 65.0 Å². The largest absolute Gasteiger partial charge is 0.477 e. The van der Waals surface area contributed by atoms with Gasteiger partial charge in [-0.25, -0.2) is 4.39 Å². The van der Waals surface area contributed by atoms with Gasteiger partial charge in [0.15, 0.2) is 17.7 Å². The summed E-state index contributed by atoms with van der Waals surface area (Å²) in [6, 6.07) is 13.6. The van der Waals surface area contributed by atoms with E-state index in [9.17, 15) is 9.18 Å². The van der Waals surface area contributed by atoms with Gasteiger partial charge in [-0.3, -0.25) is 4.79 Å². The van der Waals surface area contributed by atoms with Crippen LogP contribution in [0.1, 0.15) is 36.0 Å². The highest BCUT2D eigenvalue weighted by atomic mass is 19.1. The topological polar surface area (TPSA) is 29.5 Å². The van der Waals surface area contributed by atoms with E-state index >= 15 is 0 Å². The van der Waals surface area contributed by atoms with Crippen molar-refractivity contribution in [1.82, 2.24) is 4.90 Å². The fourth-order valence-corrected chi connectivity index (χ4v) is 3.97. The molecule has 2 aromatic carbocycles. The first-order valence-corrected chi connectivity index (χ1v) is 8.84. The van der Waals surface area contributed by atoms with Crippen LogP contribution in [0.3, 0.4) is 0 Å². The average Bonchev–Trinajstić information content (AvgIpc) is 3.20. The molecule has 0 unspecified atom stereocenters. The fourth-order valence-electron chi connectivity index (χ4n) is 3.97. The van der Waals surface area contributed by atoms with Gasteiger partial charge in [0.05, 0.1) is 0 Å². The minimum Gasteiger partial charge on any atom is -0.477 e. The first-order valence-electron chi connectivity index (χ1n) is 8.84. The van der Waals surface area contributed by atoms with E-state index in [4.69, 9.17) is 4.74 Å². The van der Waals surface area contributed by atoms with Crippen LogP contribution >= 0.6 is 0 Å². The molecule has 2 aliphatic rings. The Bertz CT molecular complexity index is 802. The predicted molar refractivity (Wildman–Crippen MR) is 94.2 cm³/mol. The van der Waals surface area contributed by atoms with Crippen LogP contribution in [0.2, 0.25) is 0 Å². The third-order valence-electron chi connectivity index (χ3n) is 5.40. The monoisotopic (exact) mass is 339 g/mol. The Morgan fingerprint density at radius 2 is 1.96 bits per heavy atom. The summed E-state index contributed by atoms with van der Waals surface area (Å²) in [5, 5.41) is 0. The standard InChI is InChI=1S/C21H22FNO2/c1-13-6-8-15(9-7-13)17-10-14(2)23(12-17)21(24)19-11-16-4-3-5-18(22)20(16)25-19/h3-9,14,17,19H,10-12H2,1-2H3/t14-,17+,19-/m0/s1. The number of halogens is 1. The third-order valence-corrected chi connectivity index (χ3v) is 5.40. The van der Waals surface area contributed by atoms with E-state index in [-0.39, 0.29) is 23.5 Å². The average molecular weight is 339 g/mol. The van der Waals surface area contributed by atoms with Gasteiger partial charge in [-0.2, -0.15) is 0 Å². The van der Waals surface area contributed by atoms with E-state index < -0.39 is 6.10 Å². The van der Waals surface area contributed by atoms with Crippen LogP contribution in [0, 0.1) is 12.7 Å². The Balaban J connectivity index is 1.48. The number of aryl methyl sites for hydroxylation is 1. The molecular formula is C21H22FNO2. The molecule has 3 atom stereocenters.